The van der Waals surface area contributed by atoms with E-state index >= 15 is 0 Å². The maximum absolute atomic E-state index is 11.4. The number of amides is 1. The van der Waals surface area contributed by atoms with Crippen molar-refractivity contribution in [3.63, 3.8) is 0 Å². The van der Waals surface area contributed by atoms with Crippen molar-refractivity contribution >= 4 is 11.6 Å². The van der Waals surface area contributed by atoms with Gasteiger partial charge in [0, 0.05) is 25.5 Å². The van der Waals surface area contributed by atoms with Gasteiger partial charge in [-0.1, -0.05) is 20.8 Å². The highest BCUT2D eigenvalue weighted by Crippen LogP contribution is 2.20. The second kappa shape index (κ2) is 5.66. The molecule has 0 saturated carbocycles. The van der Waals surface area contributed by atoms with Gasteiger partial charge in [0.15, 0.2) is 0 Å². The summed E-state index contributed by atoms with van der Waals surface area (Å²) >= 11 is 0. The summed E-state index contributed by atoms with van der Waals surface area (Å²) in [5, 5.41) is 5.90. The van der Waals surface area contributed by atoms with Gasteiger partial charge in [-0.15, -0.1) is 0 Å². The molecule has 0 bridgehead atoms. The summed E-state index contributed by atoms with van der Waals surface area (Å²) in [6, 6.07) is 3.64. The molecule has 17 heavy (non-hydrogen) atoms. The van der Waals surface area contributed by atoms with E-state index in [9.17, 15) is 4.79 Å². The van der Waals surface area contributed by atoms with Crippen molar-refractivity contribution in [3.05, 3.63) is 24.0 Å². The summed E-state index contributed by atoms with van der Waals surface area (Å²) in [6.07, 6.45) is 2.75. The van der Waals surface area contributed by atoms with E-state index in [2.05, 4.69) is 36.4 Å². The third-order valence-electron chi connectivity index (χ3n) is 2.95. The van der Waals surface area contributed by atoms with Crippen molar-refractivity contribution in [2.45, 2.75) is 27.2 Å². The van der Waals surface area contributed by atoms with E-state index in [0.717, 1.165) is 18.7 Å². The average Bonchev–Trinajstić information content (AvgIpc) is 2.36. The van der Waals surface area contributed by atoms with Crippen LogP contribution < -0.4 is 10.6 Å². The van der Waals surface area contributed by atoms with E-state index in [0.29, 0.717) is 5.69 Å². The molecule has 1 aromatic heterocycles. The largest absolute Gasteiger partial charge is 0.384 e. The molecule has 0 unspecified atom stereocenters. The van der Waals surface area contributed by atoms with Gasteiger partial charge >= 0.3 is 0 Å². The van der Waals surface area contributed by atoms with Gasteiger partial charge < -0.3 is 10.6 Å². The number of carbonyl (C=O) groups excluding carboxylic acids is 1. The molecule has 0 aromatic carbocycles. The number of rotatable bonds is 5. The summed E-state index contributed by atoms with van der Waals surface area (Å²) < 4.78 is 0. The van der Waals surface area contributed by atoms with Crippen LogP contribution in [0.25, 0.3) is 0 Å². The molecule has 1 aromatic rings. The number of nitrogens with one attached hydrogen (secondary N) is 2. The van der Waals surface area contributed by atoms with Gasteiger partial charge in [0.1, 0.15) is 5.69 Å². The maximum Gasteiger partial charge on any atom is 0.269 e. The van der Waals surface area contributed by atoms with Crippen LogP contribution in [0.15, 0.2) is 18.3 Å². The first-order valence-electron chi connectivity index (χ1n) is 5.90. The SMILES string of the molecule is CCC(C)(C)CNc1ccnc(C(=O)NC)c1. The topological polar surface area (TPSA) is 54.0 Å². The van der Waals surface area contributed by atoms with Crippen LogP contribution in [0, 0.1) is 5.41 Å². The quantitative estimate of drug-likeness (QED) is 0.823. The van der Waals surface area contributed by atoms with Crippen LogP contribution in [-0.4, -0.2) is 24.5 Å². The van der Waals surface area contributed by atoms with Crippen LogP contribution in [0.5, 0.6) is 0 Å². The van der Waals surface area contributed by atoms with Gasteiger partial charge in [-0.25, -0.2) is 0 Å². The number of carbonyl (C=O) groups is 1. The lowest BCUT2D eigenvalue weighted by Gasteiger charge is -2.23. The molecular formula is C13H21N3O. The van der Waals surface area contributed by atoms with E-state index < -0.39 is 0 Å². The van der Waals surface area contributed by atoms with Crippen LogP contribution in [0.4, 0.5) is 5.69 Å². The van der Waals surface area contributed by atoms with Crippen molar-refractivity contribution in [3.8, 4) is 0 Å². The first-order valence-corrected chi connectivity index (χ1v) is 5.90. The lowest BCUT2D eigenvalue weighted by Crippen LogP contribution is -2.23. The zero-order chi connectivity index (χ0) is 12.9. The van der Waals surface area contributed by atoms with E-state index in [4.69, 9.17) is 0 Å². The van der Waals surface area contributed by atoms with E-state index in [1.54, 1.807) is 19.3 Å². The van der Waals surface area contributed by atoms with Gasteiger partial charge in [-0.3, -0.25) is 9.78 Å². The minimum absolute atomic E-state index is 0.164. The molecule has 0 atom stereocenters. The highest BCUT2D eigenvalue weighted by Gasteiger charge is 2.14. The Kier molecular flexibility index (Phi) is 4.49. The maximum atomic E-state index is 11.4. The Labute approximate surface area is 103 Å². The summed E-state index contributed by atoms with van der Waals surface area (Å²) in [5.41, 5.74) is 1.61. The number of anilines is 1. The van der Waals surface area contributed by atoms with Crippen LogP contribution >= 0.6 is 0 Å². The second-order valence-electron chi connectivity index (χ2n) is 4.88. The number of nitrogens with zero attached hydrogens (tertiary/aromatic N) is 1. The smallest absolute Gasteiger partial charge is 0.269 e. The molecule has 0 saturated heterocycles. The summed E-state index contributed by atoms with van der Waals surface area (Å²) in [6.45, 7) is 7.46. The molecule has 94 valence electrons. The van der Waals surface area contributed by atoms with Crippen molar-refractivity contribution in [2.75, 3.05) is 18.9 Å². The Morgan fingerprint density at radius 2 is 2.18 bits per heavy atom. The van der Waals surface area contributed by atoms with E-state index in [-0.39, 0.29) is 11.3 Å². The standard InChI is InChI=1S/C13H21N3O/c1-5-13(2,3)9-16-10-6-7-15-11(8-10)12(17)14-4/h6-8H,5,9H2,1-4H3,(H,14,17)(H,15,16). The summed E-state index contributed by atoms with van der Waals surface area (Å²) in [7, 11) is 1.60. The highest BCUT2D eigenvalue weighted by molar-refractivity contribution is 5.92. The molecule has 0 aliphatic heterocycles. The molecule has 0 aliphatic carbocycles. The third kappa shape index (κ3) is 4.06. The summed E-state index contributed by atoms with van der Waals surface area (Å²) in [4.78, 5) is 15.4. The zero-order valence-corrected chi connectivity index (χ0v) is 11.0. The number of aromatic nitrogens is 1. The van der Waals surface area contributed by atoms with Crippen molar-refractivity contribution in [2.24, 2.45) is 5.41 Å². The Bertz CT molecular complexity index is 388. The molecule has 0 radical (unpaired) electrons. The fourth-order valence-corrected chi connectivity index (χ4v) is 1.26. The fraction of sp³-hybridized carbons (Fsp3) is 0.538. The first-order chi connectivity index (χ1) is 7.98. The molecule has 4 heteroatoms. The normalized spacial score (nSPS) is 11.1. The highest BCUT2D eigenvalue weighted by atomic mass is 16.1. The van der Waals surface area contributed by atoms with Gasteiger partial charge in [0.2, 0.25) is 0 Å². The van der Waals surface area contributed by atoms with Crippen molar-refractivity contribution in [1.82, 2.24) is 10.3 Å². The van der Waals surface area contributed by atoms with Crippen molar-refractivity contribution in [1.29, 1.82) is 0 Å². The molecular weight excluding hydrogens is 214 g/mol. The van der Waals surface area contributed by atoms with Crippen molar-refractivity contribution < 1.29 is 4.79 Å². The lowest BCUT2D eigenvalue weighted by atomic mass is 9.90. The predicted molar refractivity (Wildman–Crippen MR) is 70.2 cm³/mol. The number of hydrogen-bond donors (Lipinski definition) is 2. The van der Waals surface area contributed by atoms with Gasteiger partial charge in [-0.2, -0.15) is 0 Å². The van der Waals surface area contributed by atoms with Crippen LogP contribution in [0.2, 0.25) is 0 Å². The van der Waals surface area contributed by atoms with Crippen LogP contribution in [-0.2, 0) is 0 Å². The van der Waals surface area contributed by atoms with Crippen LogP contribution in [0.3, 0.4) is 0 Å². The zero-order valence-electron chi connectivity index (χ0n) is 11.0. The lowest BCUT2D eigenvalue weighted by molar-refractivity contribution is 0.0958. The van der Waals surface area contributed by atoms with Gasteiger partial charge in [0.05, 0.1) is 0 Å². The first kappa shape index (κ1) is 13.5. The monoisotopic (exact) mass is 235 g/mol. The minimum Gasteiger partial charge on any atom is -0.384 e. The number of pyridine rings is 1. The Balaban J connectivity index is 2.70. The Morgan fingerprint density at radius 1 is 1.47 bits per heavy atom. The summed E-state index contributed by atoms with van der Waals surface area (Å²) in [5.74, 6) is -0.164. The molecule has 0 aliphatic rings. The molecule has 0 spiro atoms. The predicted octanol–water partition coefficient (Wildman–Crippen LogP) is 2.29. The average molecular weight is 235 g/mol. The second-order valence-corrected chi connectivity index (χ2v) is 4.88. The Morgan fingerprint density at radius 3 is 2.76 bits per heavy atom. The molecule has 1 rings (SSSR count). The number of hydrogen-bond acceptors (Lipinski definition) is 3. The fourth-order valence-electron chi connectivity index (χ4n) is 1.26. The molecule has 0 fully saturated rings. The minimum atomic E-state index is -0.164. The Hall–Kier alpha value is -1.58. The molecule has 1 heterocycles. The molecule has 1 amide bonds. The van der Waals surface area contributed by atoms with E-state index in [1.165, 1.54) is 0 Å². The van der Waals surface area contributed by atoms with E-state index in [1.807, 2.05) is 6.07 Å². The van der Waals surface area contributed by atoms with Crippen LogP contribution in [0.1, 0.15) is 37.7 Å². The molecule has 4 nitrogen and oxygen atoms in total. The third-order valence-corrected chi connectivity index (χ3v) is 2.95. The van der Waals surface area contributed by atoms with Gasteiger partial charge in [0.25, 0.3) is 5.91 Å². The molecule has 2 N–H and O–H groups in total. The van der Waals surface area contributed by atoms with Gasteiger partial charge in [-0.05, 0) is 24.0 Å².